The van der Waals surface area contributed by atoms with Crippen LogP contribution in [0.5, 0.6) is 17.2 Å². The maximum absolute atomic E-state index is 10.6. The molecule has 0 aliphatic carbocycles. The Morgan fingerprint density at radius 1 is 0.939 bits per heavy atom. The summed E-state index contributed by atoms with van der Waals surface area (Å²) < 4.78 is 14.2. The standard InChI is InChI=1S/C29H32N6O2.C7H12O.C4H10/c1-5-6-7-19(2)16-36-28-20(3)8-10-24-27(28)29(32-17-30-24)34-22-9-11-25(21(4)14-22)37-23-12-13-35-26(15-23)31-18-33-35;1-4-6(3)7(8)5-2;1-3-4-2/h8-15,17-19H,5-7,16H2,1-4H3,(H,30,32,34);5-6H,2,4H2,1,3H3;3-4H2,1-2H3. The van der Waals surface area contributed by atoms with E-state index in [9.17, 15) is 4.79 Å². The van der Waals surface area contributed by atoms with Crippen molar-refractivity contribution in [3.63, 3.8) is 0 Å². The van der Waals surface area contributed by atoms with Crippen molar-refractivity contribution in [2.45, 2.75) is 93.9 Å². The van der Waals surface area contributed by atoms with E-state index >= 15 is 0 Å². The number of nitrogens with zero attached hydrogens (tertiary/aromatic N) is 5. The van der Waals surface area contributed by atoms with Crippen LogP contribution < -0.4 is 14.8 Å². The number of fused-ring (bicyclic) bond motifs is 2. The van der Waals surface area contributed by atoms with Gasteiger partial charge in [-0.15, -0.1) is 0 Å². The van der Waals surface area contributed by atoms with Crippen molar-refractivity contribution in [2.75, 3.05) is 11.9 Å². The Hall–Kier alpha value is -4.79. The van der Waals surface area contributed by atoms with E-state index in [-0.39, 0.29) is 11.7 Å². The zero-order chi connectivity index (χ0) is 35.8. The summed E-state index contributed by atoms with van der Waals surface area (Å²) in [5.41, 5.74) is 4.54. The van der Waals surface area contributed by atoms with Gasteiger partial charge in [-0.05, 0) is 80.1 Å². The number of hydrogen-bond acceptors (Lipinski definition) is 8. The van der Waals surface area contributed by atoms with Crippen molar-refractivity contribution in [2.24, 2.45) is 11.8 Å². The summed E-state index contributed by atoms with van der Waals surface area (Å²) in [4.78, 5) is 23.9. The summed E-state index contributed by atoms with van der Waals surface area (Å²) in [7, 11) is 0. The number of carbonyl (C=O) groups is 1. The Labute approximate surface area is 292 Å². The average molecular weight is 667 g/mol. The smallest absolute Gasteiger partial charge is 0.158 e. The van der Waals surface area contributed by atoms with Crippen LogP contribution in [0.4, 0.5) is 11.5 Å². The lowest BCUT2D eigenvalue weighted by atomic mass is 10.0. The second-order valence-electron chi connectivity index (χ2n) is 12.4. The molecular weight excluding hydrogens is 612 g/mol. The number of aryl methyl sites for hydroxylation is 2. The molecule has 0 amide bonds. The number of hydrogen-bond donors (Lipinski definition) is 1. The van der Waals surface area contributed by atoms with Gasteiger partial charge in [0.05, 0.1) is 17.5 Å². The van der Waals surface area contributed by atoms with Crippen LogP contribution in [0.3, 0.4) is 0 Å². The molecule has 0 spiro atoms. The minimum Gasteiger partial charge on any atom is -0.492 e. The summed E-state index contributed by atoms with van der Waals surface area (Å²) >= 11 is 0. The Bertz CT molecular complexity index is 1780. The van der Waals surface area contributed by atoms with Gasteiger partial charge in [0.15, 0.2) is 11.4 Å². The second-order valence-corrected chi connectivity index (χ2v) is 12.4. The molecular formula is C40H54N6O3. The SMILES string of the molecule is C=CC(=O)C(C)CC.CCCC.CCCCC(C)COc1c(C)ccc2ncnc(Nc3ccc(Oc4ccn5ncnc5c4)c(C)c3)c12. The molecule has 5 rings (SSSR count). The highest BCUT2D eigenvalue weighted by molar-refractivity contribution is 5.96. The van der Waals surface area contributed by atoms with Gasteiger partial charge in [0.25, 0.3) is 0 Å². The molecule has 2 unspecified atom stereocenters. The topological polar surface area (TPSA) is 104 Å². The van der Waals surface area contributed by atoms with E-state index in [1.165, 1.54) is 38.1 Å². The van der Waals surface area contributed by atoms with Crippen LogP contribution in [0, 0.1) is 25.7 Å². The van der Waals surface area contributed by atoms with Crippen LogP contribution in [-0.2, 0) is 4.79 Å². The number of unbranched alkanes of at least 4 members (excludes halogenated alkanes) is 2. The fourth-order valence-corrected chi connectivity index (χ4v) is 4.74. The number of allylic oxidation sites excluding steroid dienone is 1. The summed E-state index contributed by atoms with van der Waals surface area (Å²) in [5, 5.41) is 8.50. The minimum absolute atomic E-state index is 0.146. The van der Waals surface area contributed by atoms with E-state index < -0.39 is 0 Å². The Morgan fingerprint density at radius 2 is 1.71 bits per heavy atom. The van der Waals surface area contributed by atoms with E-state index in [1.54, 1.807) is 10.8 Å². The van der Waals surface area contributed by atoms with Crippen molar-refractivity contribution in [1.29, 1.82) is 0 Å². The number of nitrogens with one attached hydrogen (secondary N) is 1. The fourth-order valence-electron chi connectivity index (χ4n) is 4.74. The first-order valence-electron chi connectivity index (χ1n) is 17.5. The number of aromatic nitrogens is 5. The first kappa shape index (κ1) is 38.7. The van der Waals surface area contributed by atoms with E-state index in [4.69, 9.17) is 9.47 Å². The molecule has 9 heteroatoms. The van der Waals surface area contributed by atoms with Crippen LogP contribution in [-0.4, -0.2) is 37.0 Å². The fraction of sp³-hybridized carbons (Fsp3) is 0.425. The van der Waals surface area contributed by atoms with Gasteiger partial charge in [-0.2, -0.15) is 5.10 Å². The van der Waals surface area contributed by atoms with E-state index in [0.29, 0.717) is 18.3 Å². The Kier molecular flexibility index (Phi) is 15.7. The van der Waals surface area contributed by atoms with E-state index in [2.05, 4.69) is 72.6 Å². The lowest BCUT2D eigenvalue weighted by molar-refractivity contribution is -0.117. The number of pyridine rings is 1. The summed E-state index contributed by atoms with van der Waals surface area (Å²) in [6.45, 7) is 20.8. The molecule has 2 aromatic carbocycles. The van der Waals surface area contributed by atoms with Gasteiger partial charge in [-0.1, -0.05) is 79.9 Å². The molecule has 2 atom stereocenters. The third-order valence-electron chi connectivity index (χ3n) is 8.23. The molecule has 5 aromatic rings. The van der Waals surface area contributed by atoms with Crippen LogP contribution in [0.1, 0.15) is 91.2 Å². The van der Waals surface area contributed by atoms with Gasteiger partial charge in [-0.3, -0.25) is 4.79 Å². The van der Waals surface area contributed by atoms with Gasteiger partial charge >= 0.3 is 0 Å². The predicted molar refractivity (Wildman–Crippen MR) is 201 cm³/mol. The molecule has 0 fully saturated rings. The highest BCUT2D eigenvalue weighted by Gasteiger charge is 2.15. The Balaban J connectivity index is 0.000000466. The lowest BCUT2D eigenvalue weighted by Gasteiger charge is -2.18. The normalized spacial score (nSPS) is 11.8. The monoisotopic (exact) mass is 666 g/mol. The minimum atomic E-state index is 0.146. The number of anilines is 2. The molecule has 0 saturated heterocycles. The van der Waals surface area contributed by atoms with Gasteiger partial charge in [0.2, 0.25) is 0 Å². The highest BCUT2D eigenvalue weighted by atomic mass is 16.5. The summed E-state index contributed by atoms with van der Waals surface area (Å²) in [6.07, 6.45) is 13.4. The highest BCUT2D eigenvalue weighted by Crippen LogP contribution is 2.36. The lowest BCUT2D eigenvalue weighted by Crippen LogP contribution is -2.10. The van der Waals surface area contributed by atoms with Crippen molar-refractivity contribution in [1.82, 2.24) is 24.6 Å². The second kappa shape index (κ2) is 19.9. The number of ether oxygens (including phenoxy) is 2. The number of carbonyl (C=O) groups excluding carboxylic acids is 1. The number of rotatable bonds is 14. The van der Waals surface area contributed by atoms with Crippen molar-refractivity contribution < 1.29 is 14.3 Å². The third kappa shape index (κ3) is 11.4. The van der Waals surface area contributed by atoms with E-state index in [1.807, 2.05) is 63.4 Å². The molecule has 0 aliphatic heterocycles. The number of ketones is 1. The number of benzene rings is 2. The molecule has 49 heavy (non-hydrogen) atoms. The molecule has 0 radical (unpaired) electrons. The third-order valence-corrected chi connectivity index (χ3v) is 8.23. The van der Waals surface area contributed by atoms with E-state index in [0.717, 1.165) is 63.5 Å². The Morgan fingerprint density at radius 3 is 2.37 bits per heavy atom. The van der Waals surface area contributed by atoms with Gasteiger partial charge in [-0.25, -0.2) is 19.5 Å². The molecule has 262 valence electrons. The quantitative estimate of drug-likeness (QED) is 0.117. The maximum Gasteiger partial charge on any atom is 0.158 e. The first-order chi connectivity index (χ1) is 23.6. The van der Waals surface area contributed by atoms with Gasteiger partial charge in [0.1, 0.15) is 35.7 Å². The van der Waals surface area contributed by atoms with Crippen molar-refractivity contribution in [3.05, 3.63) is 85.1 Å². The van der Waals surface area contributed by atoms with Crippen LogP contribution in [0.2, 0.25) is 0 Å². The predicted octanol–water partition coefficient (Wildman–Crippen LogP) is 10.6. The van der Waals surface area contributed by atoms with Gasteiger partial charge in [0, 0.05) is 23.9 Å². The molecule has 0 bridgehead atoms. The van der Waals surface area contributed by atoms with Crippen LogP contribution in [0.15, 0.2) is 74.0 Å². The molecule has 3 aromatic heterocycles. The summed E-state index contributed by atoms with van der Waals surface area (Å²) in [6, 6.07) is 13.8. The molecule has 9 nitrogen and oxygen atoms in total. The van der Waals surface area contributed by atoms with Gasteiger partial charge < -0.3 is 14.8 Å². The molecule has 0 saturated carbocycles. The zero-order valence-corrected chi connectivity index (χ0v) is 30.6. The van der Waals surface area contributed by atoms with Crippen molar-refractivity contribution >= 4 is 33.8 Å². The molecule has 3 heterocycles. The molecule has 1 N–H and O–H groups in total. The average Bonchev–Trinajstić information content (AvgIpc) is 3.59. The first-order valence-corrected chi connectivity index (χ1v) is 17.5. The van der Waals surface area contributed by atoms with Crippen LogP contribution in [0.25, 0.3) is 16.6 Å². The zero-order valence-electron chi connectivity index (χ0n) is 30.6. The van der Waals surface area contributed by atoms with Crippen LogP contribution >= 0.6 is 0 Å². The maximum atomic E-state index is 10.6. The molecule has 0 aliphatic rings. The van der Waals surface area contributed by atoms with Crippen molar-refractivity contribution in [3.8, 4) is 17.2 Å². The largest absolute Gasteiger partial charge is 0.492 e. The summed E-state index contributed by atoms with van der Waals surface area (Å²) in [5.74, 6) is 3.82.